The molecule has 4 rings (SSSR count). The maximum atomic E-state index is 13.5. The van der Waals surface area contributed by atoms with Crippen molar-refractivity contribution in [3.63, 3.8) is 0 Å². The standard InChI is InChI=1S/C27H28N2O4/c1-27(26(31)28-17-20-7-6-9-23(15-20)33-3)16-21-8-4-5-10-24(21)25(30)29(27)18-19-11-13-22(32-2)14-12-19/h4-15H,16-18H2,1-3H3,(H,28,31). The van der Waals surface area contributed by atoms with Crippen LogP contribution in [0.15, 0.2) is 72.8 Å². The van der Waals surface area contributed by atoms with Gasteiger partial charge in [-0.05, 0) is 53.9 Å². The number of amides is 2. The van der Waals surface area contributed by atoms with Crippen LogP contribution in [0.2, 0.25) is 0 Å². The van der Waals surface area contributed by atoms with E-state index >= 15 is 0 Å². The van der Waals surface area contributed by atoms with Gasteiger partial charge in [-0.3, -0.25) is 9.59 Å². The molecule has 0 spiro atoms. The molecule has 0 saturated carbocycles. The molecule has 3 aromatic carbocycles. The number of carbonyl (C=O) groups excluding carboxylic acids is 2. The normalized spacial score (nSPS) is 17.3. The zero-order valence-corrected chi connectivity index (χ0v) is 19.1. The van der Waals surface area contributed by atoms with Gasteiger partial charge in [0.25, 0.3) is 5.91 Å². The molecule has 6 heteroatoms. The number of hydrogen-bond acceptors (Lipinski definition) is 4. The molecule has 33 heavy (non-hydrogen) atoms. The number of nitrogens with one attached hydrogen (secondary N) is 1. The van der Waals surface area contributed by atoms with Crippen LogP contribution in [-0.2, 0) is 24.3 Å². The molecule has 3 aromatic rings. The number of benzene rings is 3. The number of methoxy groups -OCH3 is 2. The van der Waals surface area contributed by atoms with Crippen LogP contribution < -0.4 is 14.8 Å². The van der Waals surface area contributed by atoms with E-state index in [1.165, 1.54) is 0 Å². The largest absolute Gasteiger partial charge is 0.497 e. The van der Waals surface area contributed by atoms with Gasteiger partial charge < -0.3 is 19.7 Å². The molecule has 0 fully saturated rings. The highest BCUT2D eigenvalue weighted by Gasteiger charge is 2.46. The molecule has 1 aliphatic heterocycles. The maximum Gasteiger partial charge on any atom is 0.255 e. The Bertz CT molecular complexity index is 1160. The van der Waals surface area contributed by atoms with E-state index in [0.29, 0.717) is 25.1 Å². The summed E-state index contributed by atoms with van der Waals surface area (Å²) in [4.78, 5) is 28.8. The highest BCUT2D eigenvalue weighted by Crippen LogP contribution is 2.33. The molecule has 0 saturated heterocycles. The van der Waals surface area contributed by atoms with Crippen LogP contribution in [0.3, 0.4) is 0 Å². The van der Waals surface area contributed by atoms with E-state index in [4.69, 9.17) is 9.47 Å². The minimum absolute atomic E-state index is 0.147. The molecular formula is C27H28N2O4. The summed E-state index contributed by atoms with van der Waals surface area (Å²) < 4.78 is 10.5. The van der Waals surface area contributed by atoms with Crippen molar-refractivity contribution in [1.82, 2.24) is 10.2 Å². The average molecular weight is 445 g/mol. The van der Waals surface area contributed by atoms with Crippen molar-refractivity contribution in [2.24, 2.45) is 0 Å². The first-order valence-electron chi connectivity index (χ1n) is 10.9. The van der Waals surface area contributed by atoms with Crippen molar-refractivity contribution in [2.45, 2.75) is 32.0 Å². The van der Waals surface area contributed by atoms with E-state index in [2.05, 4.69) is 5.32 Å². The third kappa shape index (κ3) is 4.55. The lowest BCUT2D eigenvalue weighted by Crippen LogP contribution is -2.62. The Balaban J connectivity index is 1.62. The van der Waals surface area contributed by atoms with Crippen LogP contribution in [0.25, 0.3) is 0 Å². The summed E-state index contributed by atoms with van der Waals surface area (Å²) in [6, 6.07) is 22.6. The van der Waals surface area contributed by atoms with Gasteiger partial charge in [0.15, 0.2) is 0 Å². The third-order valence-corrected chi connectivity index (χ3v) is 6.20. The van der Waals surface area contributed by atoms with Crippen molar-refractivity contribution < 1.29 is 19.1 Å². The minimum atomic E-state index is -1.04. The highest BCUT2D eigenvalue weighted by atomic mass is 16.5. The Morgan fingerprint density at radius 2 is 1.67 bits per heavy atom. The molecule has 1 heterocycles. The summed E-state index contributed by atoms with van der Waals surface area (Å²) in [5.41, 5.74) is 2.34. The first-order valence-corrected chi connectivity index (χ1v) is 10.9. The summed E-state index contributed by atoms with van der Waals surface area (Å²) in [5.74, 6) is 1.14. The Kier molecular flexibility index (Phi) is 6.36. The van der Waals surface area contributed by atoms with Gasteiger partial charge in [0.2, 0.25) is 5.91 Å². The van der Waals surface area contributed by atoms with Crippen molar-refractivity contribution in [3.8, 4) is 11.5 Å². The van der Waals surface area contributed by atoms with Crippen molar-refractivity contribution in [2.75, 3.05) is 14.2 Å². The fraction of sp³-hybridized carbons (Fsp3) is 0.259. The summed E-state index contributed by atoms with van der Waals surface area (Å²) in [6.45, 7) is 2.50. The second-order valence-electron chi connectivity index (χ2n) is 8.38. The van der Waals surface area contributed by atoms with Crippen LogP contribution >= 0.6 is 0 Å². The molecule has 170 valence electrons. The van der Waals surface area contributed by atoms with Gasteiger partial charge >= 0.3 is 0 Å². The number of hydrogen-bond donors (Lipinski definition) is 1. The monoisotopic (exact) mass is 444 g/mol. The number of rotatable bonds is 7. The highest BCUT2D eigenvalue weighted by molar-refractivity contribution is 6.02. The Hall–Kier alpha value is -3.80. The van der Waals surface area contributed by atoms with Crippen LogP contribution in [0.4, 0.5) is 0 Å². The molecule has 1 unspecified atom stereocenters. The zero-order valence-electron chi connectivity index (χ0n) is 19.1. The molecule has 0 bridgehead atoms. The van der Waals surface area contributed by atoms with Gasteiger partial charge in [0.1, 0.15) is 17.0 Å². The molecule has 0 aliphatic carbocycles. The van der Waals surface area contributed by atoms with Gasteiger partial charge in [-0.1, -0.05) is 42.5 Å². The molecule has 1 atom stereocenters. The lowest BCUT2D eigenvalue weighted by molar-refractivity contribution is -0.132. The number of carbonyl (C=O) groups is 2. The summed E-state index contributed by atoms with van der Waals surface area (Å²) in [6.07, 6.45) is 0.439. The van der Waals surface area contributed by atoms with Gasteiger partial charge in [0.05, 0.1) is 14.2 Å². The minimum Gasteiger partial charge on any atom is -0.497 e. The molecule has 1 N–H and O–H groups in total. The summed E-state index contributed by atoms with van der Waals surface area (Å²) >= 11 is 0. The van der Waals surface area contributed by atoms with Crippen molar-refractivity contribution in [3.05, 3.63) is 95.1 Å². The number of ether oxygens (including phenoxy) is 2. The fourth-order valence-electron chi connectivity index (χ4n) is 4.24. The van der Waals surface area contributed by atoms with Crippen LogP contribution in [0.1, 0.15) is 34.0 Å². The second kappa shape index (κ2) is 9.36. The predicted molar refractivity (Wildman–Crippen MR) is 126 cm³/mol. The Morgan fingerprint density at radius 3 is 2.39 bits per heavy atom. The van der Waals surface area contributed by atoms with Gasteiger partial charge in [-0.25, -0.2) is 0 Å². The third-order valence-electron chi connectivity index (χ3n) is 6.20. The fourth-order valence-corrected chi connectivity index (χ4v) is 4.24. The van der Waals surface area contributed by atoms with E-state index in [-0.39, 0.29) is 11.8 Å². The molecule has 1 aliphatic rings. The molecule has 0 radical (unpaired) electrons. The van der Waals surface area contributed by atoms with Gasteiger partial charge in [-0.15, -0.1) is 0 Å². The first-order chi connectivity index (χ1) is 15.9. The quantitative estimate of drug-likeness (QED) is 0.599. The van der Waals surface area contributed by atoms with E-state index in [0.717, 1.165) is 28.2 Å². The molecule has 2 amide bonds. The maximum absolute atomic E-state index is 13.5. The Morgan fingerprint density at radius 1 is 0.939 bits per heavy atom. The lowest BCUT2D eigenvalue weighted by atomic mass is 9.82. The van der Waals surface area contributed by atoms with Crippen molar-refractivity contribution >= 4 is 11.8 Å². The predicted octanol–water partition coefficient (Wildman–Crippen LogP) is 3.98. The average Bonchev–Trinajstić information content (AvgIpc) is 2.85. The van der Waals surface area contributed by atoms with Crippen molar-refractivity contribution in [1.29, 1.82) is 0 Å². The Labute approximate surface area is 194 Å². The first kappa shape index (κ1) is 22.4. The van der Waals surface area contributed by atoms with Crippen LogP contribution in [-0.4, -0.2) is 36.5 Å². The van der Waals surface area contributed by atoms with Crippen LogP contribution in [0.5, 0.6) is 11.5 Å². The van der Waals surface area contributed by atoms with E-state index < -0.39 is 5.54 Å². The molecule has 0 aromatic heterocycles. The SMILES string of the molecule is COc1ccc(CN2C(=O)c3ccccc3CC2(C)C(=O)NCc2cccc(OC)c2)cc1. The van der Waals surface area contributed by atoms with Crippen LogP contribution in [0, 0.1) is 0 Å². The van der Waals surface area contributed by atoms with E-state index in [1.807, 2.05) is 79.7 Å². The number of nitrogens with zero attached hydrogens (tertiary/aromatic N) is 1. The number of fused-ring (bicyclic) bond motifs is 1. The smallest absolute Gasteiger partial charge is 0.255 e. The summed E-state index contributed by atoms with van der Waals surface area (Å²) in [7, 11) is 3.23. The summed E-state index contributed by atoms with van der Waals surface area (Å²) in [5, 5.41) is 3.04. The zero-order chi connectivity index (χ0) is 23.4. The van der Waals surface area contributed by atoms with Gasteiger partial charge in [-0.2, -0.15) is 0 Å². The van der Waals surface area contributed by atoms with E-state index in [1.54, 1.807) is 19.1 Å². The topological polar surface area (TPSA) is 67.9 Å². The molecular weight excluding hydrogens is 416 g/mol. The van der Waals surface area contributed by atoms with Gasteiger partial charge in [0, 0.05) is 25.1 Å². The lowest BCUT2D eigenvalue weighted by Gasteiger charge is -2.44. The molecule has 6 nitrogen and oxygen atoms in total. The van der Waals surface area contributed by atoms with E-state index in [9.17, 15) is 9.59 Å². The second-order valence-corrected chi connectivity index (χ2v) is 8.38.